The molecule has 15 heavy (non-hydrogen) atoms. The van der Waals surface area contributed by atoms with Crippen molar-refractivity contribution in [2.24, 2.45) is 0 Å². The summed E-state index contributed by atoms with van der Waals surface area (Å²) in [5.41, 5.74) is 0. The van der Waals surface area contributed by atoms with Gasteiger partial charge in [-0.05, 0) is 0 Å². The van der Waals surface area contributed by atoms with Crippen LogP contribution in [0.4, 0.5) is 0 Å². The first-order valence-electron chi connectivity index (χ1n) is 5.52. The molecule has 0 N–H and O–H groups in total. The number of carbonyl (C=O) groups is 2. The van der Waals surface area contributed by atoms with Gasteiger partial charge in [0.2, 0.25) is 0 Å². The second kappa shape index (κ2) is 8.96. The van der Waals surface area contributed by atoms with E-state index in [0.29, 0.717) is 17.6 Å². The molecule has 3 nitrogen and oxygen atoms in total. The maximum absolute atomic E-state index is 11.3. The van der Waals surface area contributed by atoms with Crippen LogP contribution in [0.3, 0.4) is 0 Å². The average Bonchev–Trinajstić information content (AvgIpc) is 2.17. The van der Waals surface area contributed by atoms with Crippen LogP contribution < -0.4 is 0 Å². The molecule has 0 rings (SSSR count). The van der Waals surface area contributed by atoms with Crippen molar-refractivity contribution in [3.63, 3.8) is 0 Å². The zero-order valence-electron chi connectivity index (χ0n) is 9.91. The zero-order chi connectivity index (χ0) is 11.7. The Balaban J connectivity index is 3.85. The van der Waals surface area contributed by atoms with Gasteiger partial charge in [-0.2, -0.15) is 0 Å². The van der Waals surface area contributed by atoms with E-state index in [1.54, 1.807) is 13.8 Å². The number of unbranched alkanes of at least 4 members (excludes halogenated alkanes) is 1. The number of rotatable bonds is 8. The fourth-order valence-corrected chi connectivity index (χ4v) is 5.44. The van der Waals surface area contributed by atoms with Crippen molar-refractivity contribution in [3.05, 3.63) is 0 Å². The Morgan fingerprint density at radius 1 is 1.20 bits per heavy atom. The van der Waals surface area contributed by atoms with Crippen molar-refractivity contribution in [2.45, 2.75) is 50.5 Å². The third-order valence-electron chi connectivity index (χ3n) is 2.12. The van der Waals surface area contributed by atoms with Crippen molar-refractivity contribution in [1.29, 1.82) is 0 Å². The standard InChI is InChI=1S/C11H21AsO3/c1-4-6-8-12(10(3)13)9-7-11(14)15-5-2/h4-9H2,1-3H3. The van der Waals surface area contributed by atoms with Crippen LogP contribution in [-0.2, 0) is 14.3 Å². The van der Waals surface area contributed by atoms with E-state index in [9.17, 15) is 9.59 Å². The molecular formula is C11H21AsO3. The van der Waals surface area contributed by atoms with E-state index in [0.717, 1.165) is 23.3 Å². The monoisotopic (exact) mass is 276 g/mol. The van der Waals surface area contributed by atoms with Crippen LogP contribution in [0.5, 0.6) is 0 Å². The summed E-state index contributed by atoms with van der Waals surface area (Å²) in [5, 5.41) is 1.82. The summed E-state index contributed by atoms with van der Waals surface area (Å²) in [7, 11) is 0. The number of hydrogen-bond donors (Lipinski definition) is 0. The number of hydrogen-bond acceptors (Lipinski definition) is 3. The first-order valence-corrected chi connectivity index (χ1v) is 9.12. The molecule has 0 aliphatic heterocycles. The maximum atomic E-state index is 11.3. The summed E-state index contributed by atoms with van der Waals surface area (Å²) in [6, 6.07) is 0. The van der Waals surface area contributed by atoms with E-state index in [4.69, 9.17) is 4.74 Å². The van der Waals surface area contributed by atoms with Crippen molar-refractivity contribution in [2.75, 3.05) is 6.61 Å². The molecule has 0 aromatic rings. The minimum atomic E-state index is -1.41. The quantitative estimate of drug-likeness (QED) is 0.505. The predicted octanol–water partition coefficient (Wildman–Crippen LogP) is 2.36. The number of esters is 1. The molecule has 0 aromatic carbocycles. The Labute approximate surface area is 96.8 Å². The number of ether oxygens (including phenoxy) is 1. The molecular weight excluding hydrogens is 255 g/mol. The molecule has 0 aromatic heterocycles. The minimum absolute atomic E-state index is 0.158. The van der Waals surface area contributed by atoms with Crippen LogP contribution in [-0.4, -0.2) is 31.8 Å². The van der Waals surface area contributed by atoms with E-state index in [1.807, 2.05) is 0 Å². The van der Waals surface area contributed by atoms with E-state index >= 15 is 0 Å². The van der Waals surface area contributed by atoms with Gasteiger partial charge in [-0.1, -0.05) is 0 Å². The molecule has 0 aliphatic carbocycles. The predicted molar refractivity (Wildman–Crippen MR) is 62.2 cm³/mol. The molecule has 0 fully saturated rings. The fraction of sp³-hybridized carbons (Fsp3) is 0.818. The Hall–Kier alpha value is -0.302. The molecule has 0 bridgehead atoms. The van der Waals surface area contributed by atoms with Crippen LogP contribution in [0.15, 0.2) is 0 Å². The summed E-state index contributed by atoms with van der Waals surface area (Å²) in [5.74, 6) is -0.158. The van der Waals surface area contributed by atoms with E-state index < -0.39 is 14.7 Å². The molecule has 1 unspecified atom stereocenters. The van der Waals surface area contributed by atoms with Gasteiger partial charge in [-0.25, -0.2) is 0 Å². The molecule has 88 valence electrons. The van der Waals surface area contributed by atoms with E-state index in [2.05, 4.69) is 6.92 Å². The molecule has 0 saturated heterocycles. The Bertz CT molecular complexity index is 202. The van der Waals surface area contributed by atoms with Gasteiger partial charge in [0, 0.05) is 0 Å². The van der Waals surface area contributed by atoms with Gasteiger partial charge in [-0.3, -0.25) is 0 Å². The van der Waals surface area contributed by atoms with Crippen LogP contribution in [0.1, 0.15) is 40.0 Å². The first-order chi connectivity index (χ1) is 7.11. The molecule has 1 atom stereocenters. The van der Waals surface area contributed by atoms with E-state index in [1.165, 1.54) is 0 Å². The summed E-state index contributed by atoms with van der Waals surface area (Å²) in [4.78, 5) is 22.5. The summed E-state index contributed by atoms with van der Waals surface area (Å²) in [6.45, 7) is 6.02. The average molecular weight is 276 g/mol. The van der Waals surface area contributed by atoms with Gasteiger partial charge in [0.05, 0.1) is 0 Å². The van der Waals surface area contributed by atoms with Crippen LogP contribution >= 0.6 is 0 Å². The normalized spacial score (nSPS) is 12.2. The topological polar surface area (TPSA) is 43.4 Å². The molecule has 0 saturated carbocycles. The summed E-state index contributed by atoms with van der Waals surface area (Å²) in [6.07, 6.45) is 2.66. The molecule has 0 amide bonds. The van der Waals surface area contributed by atoms with Crippen molar-refractivity contribution >= 4 is 25.2 Å². The Morgan fingerprint density at radius 2 is 1.87 bits per heavy atom. The van der Waals surface area contributed by atoms with Gasteiger partial charge < -0.3 is 0 Å². The summed E-state index contributed by atoms with van der Waals surface area (Å²) < 4.78 is 5.18. The van der Waals surface area contributed by atoms with Crippen molar-refractivity contribution in [1.82, 2.24) is 0 Å². The van der Waals surface area contributed by atoms with Crippen LogP contribution in [0, 0.1) is 0 Å². The molecule has 0 spiro atoms. The van der Waals surface area contributed by atoms with Gasteiger partial charge in [0.15, 0.2) is 0 Å². The second-order valence-electron chi connectivity index (χ2n) is 3.41. The third kappa shape index (κ3) is 7.61. The van der Waals surface area contributed by atoms with Gasteiger partial charge in [0.25, 0.3) is 0 Å². The van der Waals surface area contributed by atoms with E-state index in [-0.39, 0.29) is 5.97 Å². The second-order valence-corrected chi connectivity index (χ2v) is 8.88. The van der Waals surface area contributed by atoms with Crippen molar-refractivity contribution < 1.29 is 14.3 Å². The molecule has 4 heteroatoms. The Kier molecular flexibility index (Phi) is 8.78. The van der Waals surface area contributed by atoms with Gasteiger partial charge in [-0.15, -0.1) is 0 Å². The van der Waals surface area contributed by atoms with Gasteiger partial charge in [0.1, 0.15) is 0 Å². The first kappa shape index (κ1) is 14.7. The fourth-order valence-electron chi connectivity index (χ4n) is 1.24. The summed E-state index contributed by atoms with van der Waals surface area (Å²) >= 11 is -1.41. The SMILES string of the molecule is CCCC[As](CCC(=O)OCC)C(C)=O. The third-order valence-corrected chi connectivity index (χ3v) is 7.38. The molecule has 0 heterocycles. The Morgan fingerprint density at radius 3 is 2.33 bits per heavy atom. The van der Waals surface area contributed by atoms with Gasteiger partial charge >= 0.3 is 96.6 Å². The zero-order valence-corrected chi connectivity index (χ0v) is 11.8. The van der Waals surface area contributed by atoms with Crippen molar-refractivity contribution in [3.8, 4) is 0 Å². The van der Waals surface area contributed by atoms with Crippen LogP contribution in [0.2, 0.25) is 10.4 Å². The number of carbonyl (C=O) groups excluding carboxylic acids is 2. The molecule has 0 radical (unpaired) electrons. The van der Waals surface area contributed by atoms with Crippen LogP contribution in [0.25, 0.3) is 0 Å². The molecule has 0 aliphatic rings.